The Morgan fingerprint density at radius 3 is 2.56 bits per heavy atom. The smallest absolute Gasteiger partial charge is 0.242 e. The minimum absolute atomic E-state index is 0. The molecule has 0 amide bonds. The molecule has 0 saturated carbocycles. The van der Waals surface area contributed by atoms with Crippen LogP contribution in [-0.4, -0.2) is 25.5 Å². The van der Waals surface area contributed by atoms with Crippen molar-refractivity contribution in [2.24, 2.45) is 5.73 Å². The predicted molar refractivity (Wildman–Crippen MR) is 64.9 cm³/mol. The fraction of sp³-hybridized carbons (Fsp3) is 0.444. The molecule has 16 heavy (non-hydrogen) atoms. The molecule has 0 atom stereocenters. The highest BCUT2D eigenvalue weighted by atomic mass is 35.5. The summed E-state index contributed by atoms with van der Waals surface area (Å²) in [5.74, 6) is 0. The third-order valence-corrected chi connectivity index (χ3v) is 3.55. The van der Waals surface area contributed by atoms with Gasteiger partial charge in [-0.05, 0) is 26.0 Å². The van der Waals surface area contributed by atoms with E-state index in [0.717, 1.165) is 0 Å². The van der Waals surface area contributed by atoms with Crippen LogP contribution in [0.25, 0.3) is 0 Å². The van der Waals surface area contributed by atoms with Crippen LogP contribution >= 0.6 is 12.4 Å². The van der Waals surface area contributed by atoms with Crippen molar-refractivity contribution in [3.8, 4) is 0 Å². The average molecular weight is 266 g/mol. The standard InChI is InChI=1S/C9H15N3O2S.ClH/c1-9(2,7-10)12-15(13,14)8-4-3-5-11-6-8;/h3-6,12H,7,10H2,1-2H3;1H. The zero-order valence-electron chi connectivity index (χ0n) is 9.17. The second-order valence-electron chi connectivity index (χ2n) is 3.88. The molecule has 0 aliphatic heterocycles. The molecule has 0 saturated heterocycles. The fourth-order valence-electron chi connectivity index (χ4n) is 0.970. The van der Waals surface area contributed by atoms with E-state index in [0.29, 0.717) is 0 Å². The van der Waals surface area contributed by atoms with Crippen molar-refractivity contribution in [3.63, 3.8) is 0 Å². The van der Waals surface area contributed by atoms with E-state index in [9.17, 15) is 8.42 Å². The first-order valence-electron chi connectivity index (χ1n) is 4.51. The van der Waals surface area contributed by atoms with E-state index < -0.39 is 15.6 Å². The van der Waals surface area contributed by atoms with E-state index in [1.165, 1.54) is 18.5 Å². The maximum atomic E-state index is 11.8. The number of aromatic nitrogens is 1. The quantitative estimate of drug-likeness (QED) is 0.831. The van der Waals surface area contributed by atoms with E-state index in [1.54, 1.807) is 19.9 Å². The molecule has 1 aromatic rings. The van der Waals surface area contributed by atoms with Crippen molar-refractivity contribution in [2.45, 2.75) is 24.3 Å². The van der Waals surface area contributed by atoms with E-state index in [1.807, 2.05) is 0 Å². The lowest BCUT2D eigenvalue weighted by Crippen LogP contribution is -2.48. The number of nitrogens with one attached hydrogen (secondary N) is 1. The Morgan fingerprint density at radius 1 is 1.50 bits per heavy atom. The molecular formula is C9H16ClN3O2S. The lowest BCUT2D eigenvalue weighted by Gasteiger charge is -2.23. The van der Waals surface area contributed by atoms with E-state index >= 15 is 0 Å². The molecule has 0 spiro atoms. The van der Waals surface area contributed by atoms with Gasteiger partial charge in [0, 0.05) is 24.5 Å². The van der Waals surface area contributed by atoms with Crippen LogP contribution < -0.4 is 10.5 Å². The normalized spacial score (nSPS) is 11.9. The Morgan fingerprint density at radius 2 is 2.12 bits per heavy atom. The highest BCUT2D eigenvalue weighted by Gasteiger charge is 2.24. The fourth-order valence-corrected chi connectivity index (χ4v) is 2.36. The van der Waals surface area contributed by atoms with Gasteiger partial charge >= 0.3 is 0 Å². The topological polar surface area (TPSA) is 85.1 Å². The average Bonchev–Trinajstić information content (AvgIpc) is 2.18. The molecular weight excluding hydrogens is 250 g/mol. The van der Waals surface area contributed by atoms with Crippen LogP contribution in [0, 0.1) is 0 Å². The molecule has 1 rings (SSSR count). The number of nitrogens with two attached hydrogens (primary N) is 1. The summed E-state index contributed by atoms with van der Waals surface area (Å²) in [6.45, 7) is 3.67. The van der Waals surface area contributed by atoms with Crippen LogP contribution in [0.5, 0.6) is 0 Å². The van der Waals surface area contributed by atoms with Gasteiger partial charge in [0.15, 0.2) is 0 Å². The molecule has 0 fully saturated rings. The lowest BCUT2D eigenvalue weighted by atomic mass is 10.1. The molecule has 7 heteroatoms. The maximum Gasteiger partial charge on any atom is 0.242 e. The van der Waals surface area contributed by atoms with Crippen molar-refractivity contribution in [1.29, 1.82) is 0 Å². The van der Waals surface area contributed by atoms with Crippen LogP contribution in [0.2, 0.25) is 0 Å². The highest BCUT2D eigenvalue weighted by molar-refractivity contribution is 7.89. The summed E-state index contributed by atoms with van der Waals surface area (Å²) >= 11 is 0. The van der Waals surface area contributed by atoms with Gasteiger partial charge in [-0.1, -0.05) is 0 Å². The van der Waals surface area contributed by atoms with Crippen molar-refractivity contribution < 1.29 is 8.42 Å². The third kappa shape index (κ3) is 4.05. The zero-order valence-corrected chi connectivity index (χ0v) is 10.8. The van der Waals surface area contributed by atoms with Gasteiger partial charge in [-0.15, -0.1) is 12.4 Å². The van der Waals surface area contributed by atoms with Crippen molar-refractivity contribution >= 4 is 22.4 Å². The summed E-state index contributed by atoms with van der Waals surface area (Å²) < 4.78 is 26.1. The molecule has 0 aliphatic rings. The summed E-state index contributed by atoms with van der Waals surface area (Å²) in [7, 11) is -3.52. The predicted octanol–water partition coefficient (Wildman–Crippen LogP) is 0.519. The van der Waals surface area contributed by atoms with Gasteiger partial charge in [-0.2, -0.15) is 0 Å². The van der Waals surface area contributed by atoms with E-state index in [2.05, 4.69) is 9.71 Å². The van der Waals surface area contributed by atoms with Crippen LogP contribution in [0.4, 0.5) is 0 Å². The van der Waals surface area contributed by atoms with Crippen LogP contribution in [0.1, 0.15) is 13.8 Å². The lowest BCUT2D eigenvalue weighted by molar-refractivity contribution is 0.462. The number of halogens is 1. The summed E-state index contributed by atoms with van der Waals surface area (Å²) in [6, 6.07) is 3.06. The van der Waals surface area contributed by atoms with Gasteiger partial charge in [0.2, 0.25) is 10.0 Å². The minimum atomic E-state index is -3.52. The Labute approximate surface area is 102 Å². The molecule has 0 radical (unpaired) electrons. The first kappa shape index (κ1) is 15.3. The molecule has 5 nitrogen and oxygen atoms in total. The highest BCUT2D eigenvalue weighted by Crippen LogP contribution is 2.10. The first-order chi connectivity index (χ1) is 6.87. The number of pyridine rings is 1. The minimum Gasteiger partial charge on any atom is -0.329 e. The Hall–Kier alpha value is -0.690. The second-order valence-corrected chi connectivity index (χ2v) is 5.56. The molecule has 92 valence electrons. The SMILES string of the molecule is CC(C)(CN)NS(=O)(=O)c1cccnc1.Cl. The molecule has 3 N–H and O–H groups in total. The number of sulfonamides is 1. The zero-order chi connectivity index (χ0) is 11.5. The second kappa shape index (κ2) is 5.58. The molecule has 0 unspecified atom stereocenters. The summed E-state index contributed by atoms with van der Waals surface area (Å²) in [5.41, 5.74) is 4.79. The largest absolute Gasteiger partial charge is 0.329 e. The number of rotatable bonds is 4. The number of hydrogen-bond acceptors (Lipinski definition) is 4. The van der Waals surface area contributed by atoms with Crippen LogP contribution in [0.3, 0.4) is 0 Å². The third-order valence-electron chi connectivity index (χ3n) is 1.87. The number of hydrogen-bond donors (Lipinski definition) is 2. The summed E-state index contributed by atoms with van der Waals surface area (Å²) in [4.78, 5) is 3.90. The van der Waals surface area contributed by atoms with Gasteiger partial charge < -0.3 is 5.73 Å². The molecule has 1 heterocycles. The Kier molecular flexibility index (Phi) is 5.34. The van der Waals surface area contributed by atoms with Gasteiger partial charge in [-0.3, -0.25) is 4.98 Å². The van der Waals surface area contributed by atoms with Gasteiger partial charge in [0.25, 0.3) is 0 Å². The summed E-state index contributed by atoms with van der Waals surface area (Å²) in [6.07, 6.45) is 2.82. The Balaban J connectivity index is 0.00000225. The molecule has 1 aromatic heterocycles. The van der Waals surface area contributed by atoms with Gasteiger partial charge in [0.1, 0.15) is 4.90 Å². The molecule has 0 bridgehead atoms. The maximum absolute atomic E-state index is 11.8. The van der Waals surface area contributed by atoms with Crippen molar-refractivity contribution in [2.75, 3.05) is 6.54 Å². The van der Waals surface area contributed by atoms with Crippen molar-refractivity contribution in [3.05, 3.63) is 24.5 Å². The van der Waals surface area contributed by atoms with E-state index in [4.69, 9.17) is 5.73 Å². The van der Waals surface area contributed by atoms with Crippen molar-refractivity contribution in [1.82, 2.24) is 9.71 Å². The van der Waals surface area contributed by atoms with E-state index in [-0.39, 0.29) is 23.8 Å². The number of nitrogens with zero attached hydrogens (tertiary/aromatic N) is 1. The molecule has 0 aliphatic carbocycles. The summed E-state index contributed by atoms with van der Waals surface area (Å²) in [5, 5.41) is 0. The van der Waals surface area contributed by atoms with Gasteiger partial charge in [0.05, 0.1) is 0 Å². The molecule has 0 aromatic carbocycles. The monoisotopic (exact) mass is 265 g/mol. The first-order valence-corrected chi connectivity index (χ1v) is 6.00. The van der Waals surface area contributed by atoms with Gasteiger partial charge in [-0.25, -0.2) is 13.1 Å². The van der Waals surface area contributed by atoms with Crippen LogP contribution in [0.15, 0.2) is 29.4 Å². The van der Waals surface area contributed by atoms with Crippen LogP contribution in [-0.2, 0) is 10.0 Å². The Bertz CT molecular complexity index is 420.